The van der Waals surface area contributed by atoms with Crippen molar-refractivity contribution in [3.8, 4) is 11.5 Å². The minimum Gasteiger partial charge on any atom is -0.431 e. The number of nitrogens with zero attached hydrogens (tertiary/aromatic N) is 3. The smallest absolute Gasteiger partial charge is 0.257 e. The molecule has 4 rings (SSSR count). The second-order valence-electron chi connectivity index (χ2n) is 4.76. The van der Waals surface area contributed by atoms with Crippen molar-refractivity contribution in [2.45, 2.75) is 11.0 Å². The SMILES string of the molecule is Fc1ccc(-c2nc(CSc3nc4ccccc4o3)no2)cc1. The Bertz CT molecular complexity index is 916. The van der Waals surface area contributed by atoms with E-state index in [1.165, 1.54) is 23.9 Å². The highest BCUT2D eigenvalue weighted by molar-refractivity contribution is 7.98. The second kappa shape index (κ2) is 5.85. The van der Waals surface area contributed by atoms with Gasteiger partial charge in [-0.05, 0) is 36.4 Å². The molecular weight excluding hydrogens is 317 g/mol. The lowest BCUT2D eigenvalue weighted by Gasteiger charge is -1.92. The summed E-state index contributed by atoms with van der Waals surface area (Å²) < 4.78 is 23.7. The van der Waals surface area contributed by atoms with E-state index in [2.05, 4.69) is 15.1 Å². The summed E-state index contributed by atoms with van der Waals surface area (Å²) in [5.41, 5.74) is 2.24. The third kappa shape index (κ3) is 2.95. The summed E-state index contributed by atoms with van der Waals surface area (Å²) in [7, 11) is 0. The molecule has 0 fully saturated rings. The van der Waals surface area contributed by atoms with Crippen LogP contribution in [0.3, 0.4) is 0 Å². The van der Waals surface area contributed by atoms with Crippen molar-refractivity contribution in [2.75, 3.05) is 0 Å². The molecule has 4 aromatic rings. The molecule has 5 nitrogen and oxygen atoms in total. The number of para-hydroxylation sites is 2. The van der Waals surface area contributed by atoms with Crippen LogP contribution in [-0.4, -0.2) is 15.1 Å². The standard InChI is InChI=1S/C16H10FN3O2S/c17-11-7-5-10(6-8-11)15-19-14(20-22-15)9-23-16-18-12-3-1-2-4-13(12)21-16/h1-8H,9H2. The summed E-state index contributed by atoms with van der Waals surface area (Å²) in [6.45, 7) is 0. The van der Waals surface area contributed by atoms with E-state index in [4.69, 9.17) is 8.94 Å². The summed E-state index contributed by atoms with van der Waals surface area (Å²) in [5.74, 6) is 1.05. The van der Waals surface area contributed by atoms with Gasteiger partial charge in [-0.25, -0.2) is 9.37 Å². The van der Waals surface area contributed by atoms with Crippen LogP contribution < -0.4 is 0 Å². The summed E-state index contributed by atoms with van der Waals surface area (Å²) in [6.07, 6.45) is 0. The maximum atomic E-state index is 12.9. The summed E-state index contributed by atoms with van der Waals surface area (Å²) in [4.78, 5) is 8.66. The molecule has 0 amide bonds. The van der Waals surface area contributed by atoms with Gasteiger partial charge in [-0.3, -0.25) is 0 Å². The molecule has 0 atom stereocenters. The number of rotatable bonds is 4. The third-order valence-electron chi connectivity index (χ3n) is 3.16. The fourth-order valence-corrected chi connectivity index (χ4v) is 2.74. The Hall–Kier alpha value is -2.67. The van der Waals surface area contributed by atoms with Crippen LogP contribution in [0.2, 0.25) is 0 Å². The van der Waals surface area contributed by atoms with Gasteiger partial charge in [0.2, 0.25) is 0 Å². The fraction of sp³-hybridized carbons (Fsp3) is 0.0625. The summed E-state index contributed by atoms with van der Waals surface area (Å²) in [5, 5.41) is 4.47. The van der Waals surface area contributed by atoms with Gasteiger partial charge in [0.05, 0.1) is 5.75 Å². The van der Waals surface area contributed by atoms with Crippen LogP contribution in [-0.2, 0) is 5.75 Å². The maximum absolute atomic E-state index is 12.9. The Morgan fingerprint density at radius 2 is 1.83 bits per heavy atom. The quantitative estimate of drug-likeness (QED) is 0.520. The van der Waals surface area contributed by atoms with E-state index in [0.29, 0.717) is 28.3 Å². The number of oxazole rings is 1. The number of hydrogen-bond donors (Lipinski definition) is 0. The highest BCUT2D eigenvalue weighted by atomic mass is 32.2. The van der Waals surface area contributed by atoms with Crippen molar-refractivity contribution < 1.29 is 13.3 Å². The van der Waals surface area contributed by atoms with Crippen molar-refractivity contribution >= 4 is 22.9 Å². The Morgan fingerprint density at radius 1 is 1.00 bits per heavy atom. The van der Waals surface area contributed by atoms with Crippen LogP contribution in [0.5, 0.6) is 0 Å². The molecule has 0 unspecified atom stereocenters. The molecule has 114 valence electrons. The number of fused-ring (bicyclic) bond motifs is 1. The van der Waals surface area contributed by atoms with Crippen LogP contribution in [0.1, 0.15) is 5.82 Å². The first-order valence-corrected chi connectivity index (χ1v) is 7.83. The van der Waals surface area contributed by atoms with Crippen molar-refractivity contribution in [1.82, 2.24) is 15.1 Å². The van der Waals surface area contributed by atoms with Gasteiger partial charge in [0.25, 0.3) is 11.1 Å². The third-order valence-corrected chi connectivity index (χ3v) is 3.98. The molecule has 0 saturated carbocycles. The number of halogens is 1. The Balaban J connectivity index is 1.48. The number of benzene rings is 2. The van der Waals surface area contributed by atoms with Crippen LogP contribution in [0.15, 0.2) is 62.7 Å². The zero-order chi connectivity index (χ0) is 15.6. The van der Waals surface area contributed by atoms with E-state index in [1.807, 2.05) is 24.3 Å². The van der Waals surface area contributed by atoms with Gasteiger partial charge in [0, 0.05) is 5.56 Å². The van der Waals surface area contributed by atoms with Crippen LogP contribution in [0.25, 0.3) is 22.6 Å². The number of thioether (sulfide) groups is 1. The van der Waals surface area contributed by atoms with Gasteiger partial charge < -0.3 is 8.94 Å². The normalized spacial score (nSPS) is 11.2. The molecule has 2 aromatic carbocycles. The fourth-order valence-electron chi connectivity index (χ4n) is 2.06. The molecule has 0 bridgehead atoms. The van der Waals surface area contributed by atoms with E-state index in [9.17, 15) is 4.39 Å². The van der Waals surface area contributed by atoms with E-state index >= 15 is 0 Å². The van der Waals surface area contributed by atoms with Crippen molar-refractivity contribution in [3.05, 3.63) is 60.2 Å². The van der Waals surface area contributed by atoms with Crippen LogP contribution in [0.4, 0.5) is 4.39 Å². The molecule has 0 aliphatic rings. The van der Waals surface area contributed by atoms with Gasteiger partial charge in [0.1, 0.15) is 11.3 Å². The highest BCUT2D eigenvalue weighted by Gasteiger charge is 2.11. The lowest BCUT2D eigenvalue weighted by Crippen LogP contribution is -1.84. The molecular formula is C16H10FN3O2S. The average molecular weight is 327 g/mol. The van der Waals surface area contributed by atoms with Gasteiger partial charge in [-0.1, -0.05) is 29.1 Å². The highest BCUT2D eigenvalue weighted by Crippen LogP contribution is 2.26. The minimum absolute atomic E-state index is 0.306. The van der Waals surface area contributed by atoms with Crippen LogP contribution in [0, 0.1) is 5.82 Å². The zero-order valence-electron chi connectivity index (χ0n) is 11.8. The first-order chi connectivity index (χ1) is 11.3. The minimum atomic E-state index is -0.306. The van der Waals surface area contributed by atoms with Gasteiger partial charge in [-0.15, -0.1) is 0 Å². The van der Waals surface area contributed by atoms with Gasteiger partial charge in [-0.2, -0.15) is 4.98 Å². The van der Waals surface area contributed by atoms with Crippen molar-refractivity contribution in [3.63, 3.8) is 0 Å². The number of hydrogen-bond acceptors (Lipinski definition) is 6. The molecule has 0 aliphatic heterocycles. The molecule has 0 radical (unpaired) electrons. The van der Waals surface area contributed by atoms with Crippen LogP contribution >= 0.6 is 11.8 Å². The lowest BCUT2D eigenvalue weighted by atomic mass is 10.2. The molecule has 23 heavy (non-hydrogen) atoms. The van der Waals surface area contributed by atoms with E-state index in [1.54, 1.807) is 12.1 Å². The Morgan fingerprint density at radius 3 is 2.65 bits per heavy atom. The van der Waals surface area contributed by atoms with Gasteiger partial charge in [0.15, 0.2) is 11.4 Å². The maximum Gasteiger partial charge on any atom is 0.257 e. The first kappa shape index (κ1) is 14.0. The predicted octanol–water partition coefficient (Wildman–Crippen LogP) is 4.31. The lowest BCUT2D eigenvalue weighted by molar-refractivity contribution is 0.425. The molecule has 0 saturated heterocycles. The summed E-state index contributed by atoms with van der Waals surface area (Å²) in [6, 6.07) is 13.5. The Labute approximate surface area is 134 Å². The second-order valence-corrected chi connectivity index (χ2v) is 5.69. The number of aromatic nitrogens is 3. The average Bonchev–Trinajstić information content (AvgIpc) is 3.20. The van der Waals surface area contributed by atoms with Gasteiger partial charge >= 0.3 is 0 Å². The topological polar surface area (TPSA) is 65.0 Å². The molecule has 0 aliphatic carbocycles. The van der Waals surface area contributed by atoms with E-state index in [-0.39, 0.29) is 5.82 Å². The van der Waals surface area contributed by atoms with Crippen molar-refractivity contribution in [2.24, 2.45) is 0 Å². The molecule has 0 spiro atoms. The zero-order valence-corrected chi connectivity index (χ0v) is 12.6. The van der Waals surface area contributed by atoms with E-state index < -0.39 is 0 Å². The first-order valence-electron chi connectivity index (χ1n) is 6.85. The Kier molecular flexibility index (Phi) is 3.55. The van der Waals surface area contributed by atoms with Crippen molar-refractivity contribution in [1.29, 1.82) is 0 Å². The monoisotopic (exact) mass is 327 g/mol. The molecule has 7 heteroatoms. The largest absolute Gasteiger partial charge is 0.431 e. The molecule has 2 heterocycles. The van der Waals surface area contributed by atoms with E-state index in [0.717, 1.165) is 11.1 Å². The predicted molar refractivity (Wildman–Crippen MR) is 83.3 cm³/mol. The molecule has 0 N–H and O–H groups in total. The summed E-state index contributed by atoms with van der Waals surface area (Å²) >= 11 is 1.39. The molecule has 2 aromatic heterocycles.